The molecule has 6 heteroatoms. The van der Waals surface area contributed by atoms with Crippen LogP contribution in [-0.2, 0) is 13.6 Å². The highest BCUT2D eigenvalue weighted by Gasteiger charge is 2.11. The Labute approximate surface area is 121 Å². The van der Waals surface area contributed by atoms with Gasteiger partial charge < -0.3 is 5.32 Å². The van der Waals surface area contributed by atoms with Crippen LogP contribution in [-0.4, -0.2) is 15.7 Å². The van der Waals surface area contributed by atoms with Crippen LogP contribution in [0, 0.1) is 6.92 Å². The van der Waals surface area contributed by atoms with E-state index in [1.165, 1.54) is 0 Å². The van der Waals surface area contributed by atoms with Crippen molar-refractivity contribution in [1.82, 2.24) is 15.1 Å². The summed E-state index contributed by atoms with van der Waals surface area (Å²) in [6, 6.07) is 6.70. The summed E-state index contributed by atoms with van der Waals surface area (Å²) in [5.41, 5.74) is 2.24. The molecule has 0 atom stereocenters. The smallest absolute Gasteiger partial charge is 0.253 e. The second-order valence-corrected chi connectivity index (χ2v) is 5.05. The lowest BCUT2D eigenvalue weighted by Crippen LogP contribution is -2.23. The molecule has 1 aromatic heterocycles. The van der Waals surface area contributed by atoms with E-state index in [1.807, 2.05) is 20.0 Å². The summed E-state index contributed by atoms with van der Waals surface area (Å²) < 4.78 is 1.76. The molecule has 0 spiro atoms. The van der Waals surface area contributed by atoms with Crippen LogP contribution in [0.25, 0.3) is 0 Å². The van der Waals surface area contributed by atoms with Gasteiger partial charge >= 0.3 is 0 Å². The number of aromatic nitrogens is 2. The fourth-order valence-corrected chi connectivity index (χ4v) is 2.16. The van der Waals surface area contributed by atoms with Gasteiger partial charge in [-0.3, -0.25) is 9.48 Å². The maximum absolute atomic E-state index is 12.0. The molecule has 0 aliphatic carbocycles. The number of nitrogens with one attached hydrogen (secondary N) is 1. The minimum Gasteiger partial charge on any atom is -0.346 e. The molecule has 0 unspecified atom stereocenters. The molecule has 2 aromatic rings. The zero-order valence-electron chi connectivity index (χ0n) is 10.6. The molecule has 0 aliphatic heterocycles. The first-order chi connectivity index (χ1) is 8.97. The molecule has 1 N–H and O–H groups in total. The molecule has 0 aliphatic rings. The van der Waals surface area contributed by atoms with Gasteiger partial charge in [-0.2, -0.15) is 5.10 Å². The summed E-state index contributed by atoms with van der Waals surface area (Å²) in [4.78, 5) is 12.0. The number of aryl methyl sites for hydroxylation is 2. The Morgan fingerprint density at radius 3 is 2.68 bits per heavy atom. The minimum absolute atomic E-state index is 0.245. The van der Waals surface area contributed by atoms with Crippen molar-refractivity contribution in [3.63, 3.8) is 0 Å². The average molecular weight is 298 g/mol. The third-order valence-corrected chi connectivity index (χ3v) is 3.32. The number of halogens is 2. The summed E-state index contributed by atoms with van der Waals surface area (Å²) in [7, 11) is 1.86. The van der Waals surface area contributed by atoms with Crippen LogP contribution in [0.3, 0.4) is 0 Å². The van der Waals surface area contributed by atoms with Crippen molar-refractivity contribution >= 4 is 29.1 Å². The van der Waals surface area contributed by atoms with Gasteiger partial charge in [0.05, 0.1) is 22.8 Å². The number of benzene rings is 1. The molecule has 0 radical (unpaired) electrons. The molecule has 1 aromatic carbocycles. The summed E-state index contributed by atoms with van der Waals surface area (Å²) in [6.07, 6.45) is 0. The molecule has 4 nitrogen and oxygen atoms in total. The fourth-order valence-electron chi connectivity index (χ4n) is 1.66. The van der Waals surface area contributed by atoms with E-state index < -0.39 is 0 Å². The molecule has 0 saturated carbocycles. The molecule has 19 heavy (non-hydrogen) atoms. The number of nitrogens with zero attached hydrogens (tertiary/aromatic N) is 2. The SMILES string of the molecule is Cc1cc(CNC(=O)c2ccc(Cl)cc2Cl)nn1C. The maximum Gasteiger partial charge on any atom is 0.253 e. The standard InChI is InChI=1S/C13H13Cl2N3O/c1-8-5-10(17-18(8)2)7-16-13(19)11-4-3-9(14)6-12(11)15/h3-6H,7H2,1-2H3,(H,16,19). The van der Waals surface area contributed by atoms with E-state index in [1.54, 1.807) is 22.9 Å². The van der Waals surface area contributed by atoms with Gasteiger partial charge in [0.2, 0.25) is 0 Å². The zero-order valence-corrected chi connectivity index (χ0v) is 12.1. The van der Waals surface area contributed by atoms with Crippen LogP contribution >= 0.6 is 23.2 Å². The second kappa shape index (κ2) is 5.63. The summed E-state index contributed by atoms with van der Waals surface area (Å²) in [5, 5.41) is 7.87. The van der Waals surface area contributed by atoms with Crippen LogP contribution in [0.1, 0.15) is 21.7 Å². The Hall–Kier alpha value is -1.52. The predicted molar refractivity (Wildman–Crippen MR) is 75.6 cm³/mol. The van der Waals surface area contributed by atoms with Crippen molar-refractivity contribution in [3.05, 3.63) is 51.3 Å². The molecule has 0 bridgehead atoms. The first-order valence-electron chi connectivity index (χ1n) is 5.70. The monoisotopic (exact) mass is 297 g/mol. The number of carbonyl (C=O) groups excluding carboxylic acids is 1. The largest absolute Gasteiger partial charge is 0.346 e. The topological polar surface area (TPSA) is 46.9 Å². The molecule has 1 amide bonds. The third-order valence-electron chi connectivity index (χ3n) is 2.77. The van der Waals surface area contributed by atoms with Gasteiger partial charge in [0, 0.05) is 17.8 Å². The van der Waals surface area contributed by atoms with Crippen molar-refractivity contribution in [3.8, 4) is 0 Å². The highest BCUT2D eigenvalue weighted by Crippen LogP contribution is 2.20. The van der Waals surface area contributed by atoms with Gasteiger partial charge in [-0.1, -0.05) is 23.2 Å². The first-order valence-corrected chi connectivity index (χ1v) is 6.45. The molecule has 0 saturated heterocycles. The van der Waals surface area contributed by atoms with Crippen molar-refractivity contribution in [2.24, 2.45) is 7.05 Å². The van der Waals surface area contributed by atoms with Crippen LogP contribution in [0.5, 0.6) is 0 Å². The Kier molecular flexibility index (Phi) is 4.12. The van der Waals surface area contributed by atoms with Crippen LogP contribution in [0.4, 0.5) is 0 Å². The van der Waals surface area contributed by atoms with Crippen molar-refractivity contribution < 1.29 is 4.79 Å². The van der Waals surface area contributed by atoms with Crippen molar-refractivity contribution in [1.29, 1.82) is 0 Å². The summed E-state index contributed by atoms with van der Waals surface area (Å²) >= 11 is 11.8. The summed E-state index contributed by atoms with van der Waals surface area (Å²) in [6.45, 7) is 2.31. The fraction of sp³-hybridized carbons (Fsp3) is 0.231. The minimum atomic E-state index is -0.245. The van der Waals surface area contributed by atoms with Gasteiger partial charge in [-0.05, 0) is 31.2 Å². The third kappa shape index (κ3) is 3.28. The maximum atomic E-state index is 12.0. The Bertz CT molecular complexity index is 603. The van der Waals surface area contributed by atoms with E-state index in [4.69, 9.17) is 23.2 Å². The number of hydrogen-bond acceptors (Lipinski definition) is 2. The Balaban J connectivity index is 2.05. The second-order valence-electron chi connectivity index (χ2n) is 4.21. The van der Waals surface area contributed by atoms with Crippen LogP contribution in [0.2, 0.25) is 10.0 Å². The highest BCUT2D eigenvalue weighted by atomic mass is 35.5. The quantitative estimate of drug-likeness (QED) is 0.947. The highest BCUT2D eigenvalue weighted by molar-refractivity contribution is 6.36. The van der Waals surface area contributed by atoms with Gasteiger partial charge in [-0.15, -0.1) is 0 Å². The number of hydrogen-bond donors (Lipinski definition) is 1. The number of amides is 1. The lowest BCUT2D eigenvalue weighted by Gasteiger charge is -2.05. The van der Waals surface area contributed by atoms with Gasteiger partial charge in [0.25, 0.3) is 5.91 Å². The summed E-state index contributed by atoms with van der Waals surface area (Å²) in [5.74, 6) is -0.245. The Morgan fingerprint density at radius 2 is 2.11 bits per heavy atom. The zero-order chi connectivity index (χ0) is 14.0. The van der Waals surface area contributed by atoms with E-state index in [9.17, 15) is 4.79 Å². The average Bonchev–Trinajstić information content (AvgIpc) is 2.66. The van der Waals surface area contributed by atoms with Crippen LogP contribution in [0.15, 0.2) is 24.3 Å². The number of carbonyl (C=O) groups is 1. The first kappa shape index (κ1) is 13.9. The molecular formula is C13H13Cl2N3O. The van der Waals surface area contributed by atoms with Crippen LogP contribution < -0.4 is 5.32 Å². The molecule has 2 rings (SSSR count). The normalized spacial score (nSPS) is 10.5. The van der Waals surface area contributed by atoms with Gasteiger partial charge in [0.15, 0.2) is 0 Å². The van der Waals surface area contributed by atoms with Crippen molar-refractivity contribution in [2.45, 2.75) is 13.5 Å². The van der Waals surface area contributed by atoms with E-state index in [0.29, 0.717) is 22.2 Å². The molecular weight excluding hydrogens is 285 g/mol. The van der Waals surface area contributed by atoms with E-state index in [0.717, 1.165) is 11.4 Å². The van der Waals surface area contributed by atoms with E-state index >= 15 is 0 Å². The molecule has 0 fully saturated rings. The molecule has 1 heterocycles. The molecule has 100 valence electrons. The Morgan fingerprint density at radius 1 is 1.37 bits per heavy atom. The lowest BCUT2D eigenvalue weighted by atomic mass is 10.2. The lowest BCUT2D eigenvalue weighted by molar-refractivity contribution is 0.0950. The van der Waals surface area contributed by atoms with Gasteiger partial charge in [-0.25, -0.2) is 0 Å². The van der Waals surface area contributed by atoms with E-state index in [-0.39, 0.29) is 5.91 Å². The number of rotatable bonds is 3. The van der Waals surface area contributed by atoms with Gasteiger partial charge in [0.1, 0.15) is 0 Å². The van der Waals surface area contributed by atoms with Crippen molar-refractivity contribution in [2.75, 3.05) is 0 Å². The predicted octanol–water partition coefficient (Wildman–Crippen LogP) is 2.97. The van der Waals surface area contributed by atoms with E-state index in [2.05, 4.69) is 10.4 Å².